The van der Waals surface area contributed by atoms with E-state index in [1.165, 1.54) is 84.1 Å². The van der Waals surface area contributed by atoms with E-state index in [4.69, 9.17) is 9.47 Å². The van der Waals surface area contributed by atoms with Gasteiger partial charge >= 0.3 is 0 Å². The summed E-state index contributed by atoms with van der Waals surface area (Å²) >= 11 is 0. The molecule has 31 heavy (non-hydrogen) atoms. The van der Waals surface area contributed by atoms with E-state index in [0.29, 0.717) is 11.5 Å². The zero-order valence-electron chi connectivity index (χ0n) is 19.8. The topological polar surface area (TPSA) is 18.5 Å². The monoisotopic (exact) mass is 452 g/mol. The fraction of sp³-hybridized carbons (Fsp3) is 0.769. The Balaban J connectivity index is 1.49. The van der Waals surface area contributed by atoms with Gasteiger partial charge in [0.2, 0.25) is 12.7 Å². The number of alkyl halides is 2. The molecule has 0 N–H and O–H groups in total. The van der Waals surface area contributed by atoms with Crippen LogP contribution in [0.25, 0.3) is 0 Å². The minimum Gasteiger partial charge on any atom is -0.457 e. The van der Waals surface area contributed by atoms with Crippen molar-refractivity contribution in [3.63, 3.8) is 0 Å². The lowest BCUT2D eigenvalue weighted by Crippen LogP contribution is -2.28. The third kappa shape index (κ3) is 7.47. The molecular formula is C26H42F2O2Si. The van der Waals surface area contributed by atoms with E-state index in [1.54, 1.807) is 6.07 Å². The van der Waals surface area contributed by atoms with Crippen molar-refractivity contribution in [3.05, 3.63) is 18.2 Å². The average molecular weight is 453 g/mol. The molecular weight excluding hydrogens is 410 g/mol. The van der Waals surface area contributed by atoms with Crippen molar-refractivity contribution in [1.82, 2.24) is 0 Å². The second-order valence-electron chi connectivity index (χ2n) is 9.96. The maximum Gasteiger partial charge on any atom is 0.236 e. The van der Waals surface area contributed by atoms with Gasteiger partial charge in [0.1, 0.15) is 0 Å². The molecule has 0 radical (unpaired) electrons. The third-order valence-electron chi connectivity index (χ3n) is 7.60. The first-order chi connectivity index (χ1) is 15.0. The highest BCUT2D eigenvalue weighted by molar-refractivity contribution is 6.54. The van der Waals surface area contributed by atoms with E-state index in [-0.39, 0.29) is 0 Å². The van der Waals surface area contributed by atoms with Crippen molar-refractivity contribution in [1.29, 1.82) is 0 Å². The molecule has 2 unspecified atom stereocenters. The van der Waals surface area contributed by atoms with E-state index in [0.717, 1.165) is 28.9 Å². The van der Waals surface area contributed by atoms with Gasteiger partial charge in [-0.05, 0) is 60.6 Å². The van der Waals surface area contributed by atoms with Gasteiger partial charge in [-0.2, -0.15) is 0 Å². The molecule has 0 saturated heterocycles. The lowest BCUT2D eigenvalue weighted by Gasteiger charge is -2.38. The molecule has 176 valence electrons. The molecule has 1 aromatic carbocycles. The summed E-state index contributed by atoms with van der Waals surface area (Å²) in [6.45, 7) is 5.01. The van der Waals surface area contributed by atoms with Gasteiger partial charge in [0.15, 0.2) is 11.5 Å². The first kappa shape index (κ1) is 24.5. The molecule has 0 spiro atoms. The van der Waals surface area contributed by atoms with E-state index in [9.17, 15) is 8.78 Å². The van der Waals surface area contributed by atoms with Crippen LogP contribution in [0.1, 0.15) is 85.0 Å². The average Bonchev–Trinajstić information content (AvgIpc) is 2.74. The molecule has 1 aromatic rings. The fourth-order valence-corrected chi connectivity index (χ4v) is 8.07. The van der Waals surface area contributed by atoms with Crippen LogP contribution in [0.5, 0.6) is 11.5 Å². The maximum absolute atomic E-state index is 13.6. The molecule has 2 aliphatic carbocycles. The van der Waals surface area contributed by atoms with Gasteiger partial charge in [0.05, 0.1) is 9.52 Å². The minimum atomic E-state index is -1.44. The Morgan fingerprint density at radius 2 is 1.45 bits per heavy atom. The highest BCUT2D eigenvalue weighted by Gasteiger charge is 2.30. The van der Waals surface area contributed by atoms with Gasteiger partial charge in [-0.15, -0.1) is 0 Å². The first-order valence-electron chi connectivity index (χ1n) is 12.7. The SMILES string of the molecule is CCC[C@H]1CC[C@H](C2CCC(C[SiH2]c3cccc(OC(C)F)c3OC(C)F)CC2)CC1. The standard InChI is InChI=1S/C26H42F2O2Si/c1-4-6-20-9-13-22(14-10-20)23-15-11-21(12-16-23)17-31-25-8-5-7-24(29-18(2)27)26(25)30-19(3)28/h5,7-8,18-23H,4,6,9-17,31H2,1-3H3/t18?,19?,20-,21?,22-,23?. The van der Waals surface area contributed by atoms with Crippen molar-refractivity contribution < 1.29 is 18.3 Å². The molecule has 5 heteroatoms. The summed E-state index contributed by atoms with van der Waals surface area (Å²) in [5.41, 5.74) is 0. The number of halogens is 2. The van der Waals surface area contributed by atoms with Gasteiger partial charge < -0.3 is 9.47 Å². The summed E-state index contributed by atoms with van der Waals surface area (Å²) in [5.74, 6) is 4.42. The first-order valence-corrected chi connectivity index (χ1v) is 14.4. The van der Waals surface area contributed by atoms with Gasteiger partial charge in [0.25, 0.3) is 0 Å². The van der Waals surface area contributed by atoms with Crippen LogP contribution in [0, 0.1) is 23.7 Å². The Morgan fingerprint density at radius 3 is 2.00 bits per heavy atom. The molecule has 0 bridgehead atoms. The number of rotatable bonds is 10. The zero-order valence-corrected chi connectivity index (χ0v) is 21.2. The Labute approximate surface area is 190 Å². The van der Waals surface area contributed by atoms with Gasteiger partial charge in [0, 0.05) is 13.8 Å². The molecule has 2 aliphatic rings. The maximum atomic E-state index is 13.6. The lowest BCUT2D eigenvalue weighted by atomic mass is 9.69. The Bertz CT molecular complexity index is 651. The molecule has 2 fully saturated rings. The molecule has 0 aliphatic heterocycles. The Hall–Kier alpha value is -1.10. The van der Waals surface area contributed by atoms with Crippen LogP contribution >= 0.6 is 0 Å². The van der Waals surface area contributed by atoms with Crippen molar-refractivity contribution in [2.45, 2.75) is 104 Å². The summed E-state index contributed by atoms with van der Waals surface area (Å²) in [5, 5.41) is 1.05. The Kier molecular flexibility index (Phi) is 9.67. The lowest BCUT2D eigenvalue weighted by molar-refractivity contribution is 0.0592. The minimum absolute atomic E-state index is 0.326. The summed E-state index contributed by atoms with van der Waals surface area (Å²) in [6, 6.07) is 6.77. The van der Waals surface area contributed by atoms with Crippen LogP contribution in [0.4, 0.5) is 8.78 Å². The van der Waals surface area contributed by atoms with Crippen molar-refractivity contribution >= 4 is 14.7 Å². The van der Waals surface area contributed by atoms with Gasteiger partial charge in [-0.3, -0.25) is 0 Å². The zero-order chi connectivity index (χ0) is 22.2. The van der Waals surface area contributed by atoms with Crippen LogP contribution in [0.2, 0.25) is 6.04 Å². The fourth-order valence-electron chi connectivity index (χ4n) is 5.99. The molecule has 2 atom stereocenters. The smallest absolute Gasteiger partial charge is 0.236 e. The van der Waals surface area contributed by atoms with E-state index >= 15 is 0 Å². The van der Waals surface area contributed by atoms with Gasteiger partial charge in [-0.25, -0.2) is 8.78 Å². The van der Waals surface area contributed by atoms with Crippen LogP contribution in [-0.4, -0.2) is 22.2 Å². The predicted octanol–water partition coefficient (Wildman–Crippen LogP) is 6.70. The van der Waals surface area contributed by atoms with Gasteiger partial charge in [-0.1, -0.05) is 63.6 Å². The number of ether oxygens (including phenoxy) is 2. The van der Waals surface area contributed by atoms with Crippen molar-refractivity contribution in [3.8, 4) is 11.5 Å². The third-order valence-corrected chi connectivity index (χ3v) is 9.80. The highest BCUT2D eigenvalue weighted by atomic mass is 28.2. The predicted molar refractivity (Wildman–Crippen MR) is 128 cm³/mol. The molecule has 0 aromatic heterocycles. The summed E-state index contributed by atoms with van der Waals surface area (Å²) < 4.78 is 37.7. The normalized spacial score (nSPS) is 29.1. The van der Waals surface area contributed by atoms with Crippen LogP contribution in [0.3, 0.4) is 0 Å². The largest absolute Gasteiger partial charge is 0.457 e. The van der Waals surface area contributed by atoms with Crippen LogP contribution < -0.4 is 14.7 Å². The number of benzene rings is 1. The van der Waals surface area contributed by atoms with E-state index in [1.807, 2.05) is 12.1 Å². The van der Waals surface area contributed by atoms with Crippen molar-refractivity contribution in [2.24, 2.45) is 23.7 Å². The number of hydrogen-bond acceptors (Lipinski definition) is 2. The van der Waals surface area contributed by atoms with E-state index in [2.05, 4.69) is 6.92 Å². The second-order valence-corrected chi connectivity index (χ2v) is 11.8. The second kappa shape index (κ2) is 12.2. The highest BCUT2D eigenvalue weighted by Crippen LogP contribution is 2.43. The summed E-state index contributed by atoms with van der Waals surface area (Å²) in [4.78, 5) is 0. The number of hydrogen-bond donors (Lipinski definition) is 0. The van der Waals surface area contributed by atoms with Crippen molar-refractivity contribution in [2.75, 3.05) is 0 Å². The van der Waals surface area contributed by atoms with Crippen LogP contribution in [0.15, 0.2) is 18.2 Å². The summed E-state index contributed by atoms with van der Waals surface area (Å²) in [7, 11) is -0.631. The molecule has 0 amide bonds. The van der Waals surface area contributed by atoms with E-state index < -0.39 is 22.2 Å². The molecule has 2 nitrogen and oxygen atoms in total. The summed E-state index contributed by atoms with van der Waals surface area (Å²) in [6.07, 6.45) is 11.1. The molecule has 3 rings (SSSR count). The quantitative estimate of drug-likeness (QED) is 0.368. The number of para-hydroxylation sites is 1. The Morgan fingerprint density at radius 1 is 0.871 bits per heavy atom. The molecule has 0 heterocycles. The molecule has 2 saturated carbocycles. The van der Waals surface area contributed by atoms with Crippen LogP contribution in [-0.2, 0) is 0 Å².